The van der Waals surface area contributed by atoms with Crippen molar-refractivity contribution in [1.82, 2.24) is 13.6 Å². The van der Waals surface area contributed by atoms with Gasteiger partial charge in [-0.1, -0.05) is 6.07 Å². The molecule has 24 heavy (non-hydrogen) atoms. The van der Waals surface area contributed by atoms with E-state index in [-0.39, 0.29) is 6.03 Å². The van der Waals surface area contributed by atoms with Crippen molar-refractivity contribution in [3.8, 4) is 5.75 Å². The van der Waals surface area contributed by atoms with Crippen molar-refractivity contribution in [3.63, 3.8) is 0 Å². The van der Waals surface area contributed by atoms with Crippen LogP contribution in [0.15, 0.2) is 36.4 Å². The summed E-state index contributed by atoms with van der Waals surface area (Å²) >= 11 is 1.19. The molecule has 0 saturated carbocycles. The molecule has 0 fully saturated rings. The van der Waals surface area contributed by atoms with Gasteiger partial charge in [0.1, 0.15) is 16.8 Å². The summed E-state index contributed by atoms with van der Waals surface area (Å²) in [7, 11) is 3.38. The maximum Gasteiger partial charge on any atom is 0.321 e. The minimum Gasteiger partial charge on any atom is -0.497 e. The standard InChI is InChI=1S/C17H18N4O2S/c1-11-8-13(23-3)5-7-14(11)18-17(22)21(2)10-12-4-6-15-16(9-12)20-24-19-15/h4-9H,10H2,1-3H3,(H,18,22). The van der Waals surface area contributed by atoms with E-state index in [4.69, 9.17) is 4.74 Å². The first-order valence-corrected chi connectivity index (χ1v) is 8.18. The van der Waals surface area contributed by atoms with Crippen LogP contribution in [0.5, 0.6) is 5.75 Å². The summed E-state index contributed by atoms with van der Waals surface area (Å²) < 4.78 is 13.6. The fourth-order valence-electron chi connectivity index (χ4n) is 2.39. The summed E-state index contributed by atoms with van der Waals surface area (Å²) in [6, 6.07) is 11.2. The van der Waals surface area contributed by atoms with Crippen LogP contribution in [0, 0.1) is 6.92 Å². The van der Waals surface area contributed by atoms with Gasteiger partial charge in [-0.25, -0.2) is 4.79 Å². The largest absolute Gasteiger partial charge is 0.497 e. The van der Waals surface area contributed by atoms with Crippen LogP contribution in [0.25, 0.3) is 11.0 Å². The molecule has 1 heterocycles. The molecule has 1 N–H and O–H groups in total. The maximum atomic E-state index is 12.4. The third kappa shape index (κ3) is 3.46. The molecular weight excluding hydrogens is 324 g/mol. The zero-order valence-corrected chi connectivity index (χ0v) is 14.6. The number of carbonyl (C=O) groups excluding carboxylic acids is 1. The normalized spacial score (nSPS) is 10.6. The lowest BCUT2D eigenvalue weighted by molar-refractivity contribution is 0.220. The molecule has 0 aliphatic heterocycles. The molecule has 124 valence electrons. The lowest BCUT2D eigenvalue weighted by Crippen LogP contribution is -2.31. The number of fused-ring (bicyclic) bond motifs is 1. The molecule has 0 aliphatic rings. The molecule has 0 bridgehead atoms. The average molecular weight is 342 g/mol. The van der Waals surface area contributed by atoms with Gasteiger partial charge in [-0.3, -0.25) is 0 Å². The predicted octanol–water partition coefficient (Wildman–Crippen LogP) is 3.67. The monoisotopic (exact) mass is 342 g/mol. The Hall–Kier alpha value is -2.67. The third-order valence-corrected chi connectivity index (χ3v) is 4.32. The van der Waals surface area contributed by atoms with E-state index in [0.717, 1.165) is 33.6 Å². The van der Waals surface area contributed by atoms with Crippen LogP contribution in [0.1, 0.15) is 11.1 Å². The van der Waals surface area contributed by atoms with Crippen molar-refractivity contribution in [2.45, 2.75) is 13.5 Å². The van der Waals surface area contributed by atoms with Gasteiger partial charge in [-0.05, 0) is 48.4 Å². The number of rotatable bonds is 4. The van der Waals surface area contributed by atoms with Gasteiger partial charge in [0, 0.05) is 19.3 Å². The van der Waals surface area contributed by atoms with Crippen molar-refractivity contribution < 1.29 is 9.53 Å². The van der Waals surface area contributed by atoms with Crippen molar-refractivity contribution in [2.24, 2.45) is 0 Å². The first kappa shape index (κ1) is 16.2. The van der Waals surface area contributed by atoms with Crippen molar-refractivity contribution in [3.05, 3.63) is 47.5 Å². The number of urea groups is 1. The molecular formula is C17H18N4O2S. The topological polar surface area (TPSA) is 67.3 Å². The first-order chi connectivity index (χ1) is 11.6. The molecule has 2 amide bonds. The molecule has 0 saturated heterocycles. The third-order valence-electron chi connectivity index (χ3n) is 3.76. The summed E-state index contributed by atoms with van der Waals surface area (Å²) in [6.45, 7) is 2.43. The number of amides is 2. The van der Waals surface area contributed by atoms with Gasteiger partial charge >= 0.3 is 6.03 Å². The molecule has 2 aromatic carbocycles. The lowest BCUT2D eigenvalue weighted by atomic mass is 10.2. The molecule has 0 aliphatic carbocycles. The number of nitrogens with zero attached hydrogens (tertiary/aromatic N) is 3. The quantitative estimate of drug-likeness (QED) is 0.785. The first-order valence-electron chi connectivity index (χ1n) is 7.45. The summed E-state index contributed by atoms with van der Waals surface area (Å²) in [4.78, 5) is 14.0. The highest BCUT2D eigenvalue weighted by Crippen LogP contribution is 2.21. The van der Waals surface area contributed by atoms with E-state index in [1.807, 2.05) is 43.3 Å². The van der Waals surface area contributed by atoms with Gasteiger partial charge in [-0.2, -0.15) is 8.75 Å². The van der Waals surface area contributed by atoms with E-state index in [1.165, 1.54) is 11.7 Å². The van der Waals surface area contributed by atoms with Crippen LogP contribution in [-0.2, 0) is 6.54 Å². The van der Waals surface area contributed by atoms with Gasteiger partial charge in [0.15, 0.2) is 0 Å². The smallest absolute Gasteiger partial charge is 0.321 e. The highest BCUT2D eigenvalue weighted by atomic mass is 32.1. The lowest BCUT2D eigenvalue weighted by Gasteiger charge is -2.19. The second-order valence-electron chi connectivity index (χ2n) is 5.55. The van der Waals surface area contributed by atoms with Crippen molar-refractivity contribution in [2.75, 3.05) is 19.5 Å². The molecule has 0 radical (unpaired) electrons. The Morgan fingerprint density at radius 1 is 1.21 bits per heavy atom. The van der Waals surface area contributed by atoms with E-state index in [1.54, 1.807) is 19.1 Å². The second kappa shape index (κ2) is 6.84. The van der Waals surface area contributed by atoms with Gasteiger partial charge in [-0.15, -0.1) is 0 Å². The van der Waals surface area contributed by atoms with E-state index in [0.29, 0.717) is 6.54 Å². The van der Waals surface area contributed by atoms with Crippen molar-refractivity contribution in [1.29, 1.82) is 0 Å². The number of anilines is 1. The van der Waals surface area contributed by atoms with Crippen LogP contribution in [-0.4, -0.2) is 33.8 Å². The van der Waals surface area contributed by atoms with Crippen LogP contribution in [0.2, 0.25) is 0 Å². The summed E-state index contributed by atoms with van der Waals surface area (Å²) in [5.41, 5.74) is 4.47. The van der Waals surface area contributed by atoms with E-state index in [2.05, 4.69) is 14.1 Å². The Morgan fingerprint density at radius 3 is 2.75 bits per heavy atom. The Bertz CT molecular complexity index is 878. The minimum atomic E-state index is -0.167. The van der Waals surface area contributed by atoms with Crippen LogP contribution in [0.4, 0.5) is 10.5 Å². The number of hydrogen-bond acceptors (Lipinski definition) is 5. The molecule has 0 atom stereocenters. The number of benzene rings is 2. The highest BCUT2D eigenvalue weighted by molar-refractivity contribution is 7.00. The van der Waals surface area contributed by atoms with E-state index < -0.39 is 0 Å². The van der Waals surface area contributed by atoms with Crippen LogP contribution >= 0.6 is 11.7 Å². The van der Waals surface area contributed by atoms with Gasteiger partial charge in [0.2, 0.25) is 0 Å². The van der Waals surface area contributed by atoms with Gasteiger partial charge < -0.3 is 15.0 Å². The van der Waals surface area contributed by atoms with E-state index >= 15 is 0 Å². The predicted molar refractivity (Wildman–Crippen MR) is 95.6 cm³/mol. The van der Waals surface area contributed by atoms with Crippen molar-refractivity contribution >= 4 is 34.5 Å². The molecule has 7 heteroatoms. The number of carbonyl (C=O) groups is 1. The summed E-state index contributed by atoms with van der Waals surface area (Å²) in [5.74, 6) is 0.768. The summed E-state index contributed by atoms with van der Waals surface area (Å²) in [5, 5.41) is 2.92. The summed E-state index contributed by atoms with van der Waals surface area (Å²) in [6.07, 6.45) is 0. The minimum absolute atomic E-state index is 0.167. The zero-order chi connectivity index (χ0) is 17.1. The molecule has 3 rings (SSSR count). The number of hydrogen-bond donors (Lipinski definition) is 1. The Kier molecular flexibility index (Phi) is 4.61. The zero-order valence-electron chi connectivity index (χ0n) is 13.7. The highest BCUT2D eigenvalue weighted by Gasteiger charge is 2.12. The fraction of sp³-hybridized carbons (Fsp3) is 0.235. The molecule has 0 unspecified atom stereocenters. The number of aromatic nitrogens is 2. The number of ether oxygens (including phenoxy) is 1. The second-order valence-corrected chi connectivity index (χ2v) is 6.08. The number of nitrogens with one attached hydrogen (secondary N) is 1. The SMILES string of the molecule is COc1ccc(NC(=O)N(C)Cc2ccc3nsnc3c2)c(C)c1. The average Bonchev–Trinajstić information content (AvgIpc) is 3.04. The number of aryl methyl sites for hydroxylation is 1. The Labute approximate surface area is 144 Å². The van der Waals surface area contributed by atoms with Gasteiger partial charge in [0.05, 0.1) is 18.8 Å². The maximum absolute atomic E-state index is 12.4. The molecule has 1 aromatic heterocycles. The van der Waals surface area contributed by atoms with Gasteiger partial charge in [0.25, 0.3) is 0 Å². The van der Waals surface area contributed by atoms with Crippen LogP contribution < -0.4 is 10.1 Å². The Morgan fingerprint density at radius 2 is 2.00 bits per heavy atom. The molecule has 0 spiro atoms. The Balaban J connectivity index is 1.68. The van der Waals surface area contributed by atoms with Crippen LogP contribution in [0.3, 0.4) is 0 Å². The molecule has 3 aromatic rings. The number of methoxy groups -OCH3 is 1. The van der Waals surface area contributed by atoms with E-state index in [9.17, 15) is 4.79 Å². The fourth-order valence-corrected chi connectivity index (χ4v) is 2.90. The molecule has 6 nitrogen and oxygen atoms in total.